The zero-order valence-corrected chi connectivity index (χ0v) is 16.5. The molecule has 4 fully saturated rings. The molecule has 2 heterocycles. The normalized spacial score (nSPS) is 32.7. The van der Waals surface area contributed by atoms with Crippen molar-refractivity contribution in [3.63, 3.8) is 0 Å². The van der Waals surface area contributed by atoms with Gasteiger partial charge >= 0.3 is 6.03 Å². The Balaban J connectivity index is 1.18. The Hall–Kier alpha value is -1.30. The quantitative estimate of drug-likeness (QED) is 0.709. The first-order valence-electron chi connectivity index (χ1n) is 11.3. The molecule has 3 unspecified atom stereocenters. The highest BCUT2D eigenvalue weighted by molar-refractivity contribution is 5.82. The highest BCUT2D eigenvalue weighted by Gasteiger charge is 2.40. The summed E-state index contributed by atoms with van der Waals surface area (Å²) < 4.78 is 0. The van der Waals surface area contributed by atoms with Gasteiger partial charge in [-0.2, -0.15) is 0 Å². The van der Waals surface area contributed by atoms with Gasteiger partial charge in [-0.25, -0.2) is 4.79 Å². The Morgan fingerprint density at radius 3 is 2.11 bits per heavy atom. The molecule has 0 aromatic heterocycles. The molecule has 3 amide bonds. The van der Waals surface area contributed by atoms with Crippen molar-refractivity contribution >= 4 is 11.9 Å². The lowest BCUT2D eigenvalue weighted by Crippen LogP contribution is -2.53. The van der Waals surface area contributed by atoms with E-state index >= 15 is 0 Å². The smallest absolute Gasteiger partial charge is 0.315 e. The number of hydrogen-bond donors (Lipinski definition) is 3. The molecule has 6 nitrogen and oxygen atoms in total. The van der Waals surface area contributed by atoms with Gasteiger partial charge in [0, 0.05) is 31.2 Å². The molecular weight excluding hydrogens is 340 g/mol. The summed E-state index contributed by atoms with van der Waals surface area (Å²) in [6, 6.07) is 1.11. The Morgan fingerprint density at radius 1 is 0.778 bits per heavy atom. The van der Waals surface area contributed by atoms with E-state index in [0.29, 0.717) is 18.0 Å². The molecule has 0 aromatic rings. The summed E-state index contributed by atoms with van der Waals surface area (Å²) in [4.78, 5) is 27.2. The number of piperidine rings is 1. The Labute approximate surface area is 163 Å². The van der Waals surface area contributed by atoms with Crippen LogP contribution in [0.1, 0.15) is 77.0 Å². The third-order valence-corrected chi connectivity index (χ3v) is 7.24. The predicted molar refractivity (Wildman–Crippen MR) is 105 cm³/mol. The molecular formula is C21H36N4O2. The molecule has 6 heteroatoms. The minimum atomic E-state index is -0.0202. The topological polar surface area (TPSA) is 73.5 Å². The van der Waals surface area contributed by atoms with Crippen molar-refractivity contribution in [2.45, 2.75) is 101 Å². The van der Waals surface area contributed by atoms with Crippen LogP contribution in [0, 0.1) is 5.92 Å². The minimum absolute atomic E-state index is 0.0202. The summed E-state index contributed by atoms with van der Waals surface area (Å²) in [5.74, 6) is 0.991. The molecule has 152 valence electrons. The molecule has 0 radical (unpaired) electrons. The average molecular weight is 377 g/mol. The fourth-order valence-electron chi connectivity index (χ4n) is 5.63. The molecule has 2 aliphatic carbocycles. The maximum Gasteiger partial charge on any atom is 0.315 e. The number of hydrogen-bond acceptors (Lipinski definition) is 3. The maximum absolute atomic E-state index is 12.9. The van der Waals surface area contributed by atoms with Crippen LogP contribution in [-0.4, -0.2) is 54.1 Å². The second-order valence-electron chi connectivity index (χ2n) is 9.16. The fraction of sp³-hybridized carbons (Fsp3) is 0.905. The van der Waals surface area contributed by atoms with Crippen molar-refractivity contribution < 1.29 is 9.59 Å². The first-order chi connectivity index (χ1) is 13.2. The van der Waals surface area contributed by atoms with Gasteiger partial charge in [0.1, 0.15) is 0 Å². The van der Waals surface area contributed by atoms with E-state index in [2.05, 4.69) is 16.0 Å². The van der Waals surface area contributed by atoms with Gasteiger partial charge in [-0.15, -0.1) is 0 Å². The number of likely N-dealkylation sites (tertiary alicyclic amines) is 1. The van der Waals surface area contributed by atoms with Gasteiger partial charge in [-0.3, -0.25) is 4.79 Å². The lowest BCUT2D eigenvalue weighted by Gasteiger charge is -2.34. The van der Waals surface area contributed by atoms with Crippen LogP contribution in [0.2, 0.25) is 0 Å². The molecule has 0 spiro atoms. The lowest BCUT2D eigenvalue weighted by molar-refractivity contribution is -0.134. The van der Waals surface area contributed by atoms with E-state index in [9.17, 15) is 9.59 Å². The molecule has 27 heavy (non-hydrogen) atoms. The second kappa shape index (κ2) is 8.80. The van der Waals surface area contributed by atoms with Crippen molar-refractivity contribution in [2.75, 3.05) is 13.1 Å². The van der Waals surface area contributed by atoms with Gasteiger partial charge in [-0.05, 0) is 50.9 Å². The summed E-state index contributed by atoms with van der Waals surface area (Å²) in [7, 11) is 0. The van der Waals surface area contributed by atoms with Crippen LogP contribution < -0.4 is 16.0 Å². The molecule has 0 bridgehead atoms. The maximum atomic E-state index is 12.9. The van der Waals surface area contributed by atoms with Crippen molar-refractivity contribution in [1.29, 1.82) is 0 Å². The molecule has 3 N–H and O–H groups in total. The Morgan fingerprint density at radius 2 is 1.41 bits per heavy atom. The summed E-state index contributed by atoms with van der Waals surface area (Å²) >= 11 is 0. The number of nitrogens with one attached hydrogen (secondary N) is 3. The largest absolute Gasteiger partial charge is 0.341 e. The van der Waals surface area contributed by atoms with Crippen LogP contribution in [0.15, 0.2) is 0 Å². The fourth-order valence-corrected chi connectivity index (χ4v) is 5.63. The molecule has 4 rings (SSSR count). The zero-order valence-electron chi connectivity index (χ0n) is 16.5. The van der Waals surface area contributed by atoms with Gasteiger partial charge < -0.3 is 20.9 Å². The first-order valence-corrected chi connectivity index (χ1v) is 11.3. The molecule has 4 aliphatic rings. The highest BCUT2D eigenvalue weighted by atomic mass is 16.2. The molecule has 2 saturated carbocycles. The van der Waals surface area contributed by atoms with Crippen LogP contribution in [0.3, 0.4) is 0 Å². The zero-order chi connectivity index (χ0) is 18.6. The van der Waals surface area contributed by atoms with E-state index in [1.54, 1.807) is 0 Å². The van der Waals surface area contributed by atoms with Crippen molar-refractivity contribution in [2.24, 2.45) is 5.92 Å². The number of amides is 3. The van der Waals surface area contributed by atoms with Crippen LogP contribution in [-0.2, 0) is 4.79 Å². The van der Waals surface area contributed by atoms with E-state index < -0.39 is 0 Å². The summed E-state index contributed by atoms with van der Waals surface area (Å²) in [6.07, 6.45) is 13.8. The Kier molecular flexibility index (Phi) is 6.21. The van der Waals surface area contributed by atoms with Crippen LogP contribution in [0.4, 0.5) is 4.79 Å². The van der Waals surface area contributed by atoms with Crippen molar-refractivity contribution in [1.82, 2.24) is 20.9 Å². The van der Waals surface area contributed by atoms with E-state index in [1.165, 1.54) is 44.9 Å². The molecule has 2 aliphatic heterocycles. The lowest BCUT2D eigenvalue weighted by atomic mass is 9.85. The first kappa shape index (κ1) is 19.0. The third kappa shape index (κ3) is 4.76. The van der Waals surface area contributed by atoms with Gasteiger partial charge in [0.15, 0.2) is 0 Å². The van der Waals surface area contributed by atoms with Gasteiger partial charge in [-0.1, -0.05) is 32.1 Å². The SMILES string of the molecule is O=C(NC1CCCCC1)NC1CCN(C(=O)C2CC3CCCCC3N2)CC1. The van der Waals surface area contributed by atoms with Gasteiger partial charge in [0.05, 0.1) is 6.04 Å². The van der Waals surface area contributed by atoms with E-state index in [4.69, 9.17) is 0 Å². The molecule has 0 aromatic carbocycles. The summed E-state index contributed by atoms with van der Waals surface area (Å²) in [6.45, 7) is 1.53. The molecule has 2 saturated heterocycles. The summed E-state index contributed by atoms with van der Waals surface area (Å²) in [5.41, 5.74) is 0. The standard InChI is InChI=1S/C21H36N4O2/c26-20(19-14-15-6-4-5-9-18(15)24-19)25-12-10-17(11-13-25)23-21(27)22-16-7-2-1-3-8-16/h15-19,24H,1-14H2,(H2,22,23,27). The monoisotopic (exact) mass is 376 g/mol. The number of urea groups is 1. The Bertz CT molecular complexity index is 512. The summed E-state index contributed by atoms with van der Waals surface area (Å²) in [5, 5.41) is 9.87. The minimum Gasteiger partial charge on any atom is -0.341 e. The number of fused-ring (bicyclic) bond motifs is 1. The number of carbonyl (C=O) groups excluding carboxylic acids is 2. The second-order valence-corrected chi connectivity index (χ2v) is 9.16. The van der Waals surface area contributed by atoms with Crippen molar-refractivity contribution in [3.05, 3.63) is 0 Å². The van der Waals surface area contributed by atoms with Gasteiger partial charge in [0.25, 0.3) is 0 Å². The van der Waals surface area contributed by atoms with Crippen LogP contribution in [0.5, 0.6) is 0 Å². The van der Waals surface area contributed by atoms with Crippen LogP contribution in [0.25, 0.3) is 0 Å². The van der Waals surface area contributed by atoms with Crippen molar-refractivity contribution in [3.8, 4) is 0 Å². The van der Waals surface area contributed by atoms with Crippen LogP contribution >= 0.6 is 0 Å². The van der Waals surface area contributed by atoms with E-state index in [-0.39, 0.29) is 24.0 Å². The number of rotatable bonds is 3. The van der Waals surface area contributed by atoms with E-state index in [1.807, 2.05) is 4.90 Å². The third-order valence-electron chi connectivity index (χ3n) is 7.24. The number of carbonyl (C=O) groups is 2. The van der Waals surface area contributed by atoms with E-state index in [0.717, 1.165) is 45.2 Å². The highest BCUT2D eigenvalue weighted by Crippen LogP contribution is 2.34. The predicted octanol–water partition coefficient (Wildman–Crippen LogP) is 2.53. The van der Waals surface area contributed by atoms with Gasteiger partial charge in [0.2, 0.25) is 5.91 Å². The number of nitrogens with zero attached hydrogens (tertiary/aromatic N) is 1. The average Bonchev–Trinajstić information content (AvgIpc) is 3.13. The molecule has 3 atom stereocenters.